The first-order valence-corrected chi connectivity index (χ1v) is 7.86. The van der Waals surface area contributed by atoms with Gasteiger partial charge in [-0.3, -0.25) is 0 Å². The number of nitrogens with zero attached hydrogens (tertiary/aromatic N) is 3. The van der Waals surface area contributed by atoms with Crippen molar-refractivity contribution in [2.24, 2.45) is 0 Å². The molecule has 1 saturated heterocycles. The highest BCUT2D eigenvalue weighted by molar-refractivity contribution is 6.28. The number of hydrogen-bond donors (Lipinski definition) is 1. The first kappa shape index (κ1) is 16.8. The summed E-state index contributed by atoms with van der Waals surface area (Å²) in [6, 6.07) is 1.94. The van der Waals surface area contributed by atoms with E-state index < -0.39 is 5.60 Å². The maximum Gasteiger partial charge on any atom is 0.407 e. The van der Waals surface area contributed by atoms with Crippen LogP contribution in [0.5, 0.6) is 0 Å². The summed E-state index contributed by atoms with van der Waals surface area (Å²) in [7, 11) is 0. The molecule has 1 aromatic heterocycles. The molecule has 1 atom stereocenters. The van der Waals surface area contributed by atoms with Gasteiger partial charge in [-0.15, -0.1) is 0 Å². The minimum absolute atomic E-state index is 0.0395. The molecule has 0 bridgehead atoms. The van der Waals surface area contributed by atoms with E-state index in [1.807, 2.05) is 33.8 Å². The van der Waals surface area contributed by atoms with E-state index in [0.717, 1.165) is 30.9 Å². The molecule has 7 heteroatoms. The zero-order valence-electron chi connectivity index (χ0n) is 13.5. The van der Waals surface area contributed by atoms with E-state index in [4.69, 9.17) is 16.3 Å². The maximum atomic E-state index is 11.9. The van der Waals surface area contributed by atoms with E-state index in [0.29, 0.717) is 6.54 Å². The van der Waals surface area contributed by atoms with Crippen LogP contribution in [0.1, 0.15) is 39.3 Å². The lowest BCUT2D eigenvalue weighted by molar-refractivity contribution is 0.0500. The Morgan fingerprint density at radius 2 is 2.18 bits per heavy atom. The zero-order chi connectivity index (χ0) is 16.3. The number of piperidine rings is 1. The summed E-state index contributed by atoms with van der Waals surface area (Å²) in [5.41, 5.74) is 0.340. The number of amides is 1. The molecule has 1 amide bonds. The number of halogens is 1. The van der Waals surface area contributed by atoms with Crippen LogP contribution in [0.4, 0.5) is 10.6 Å². The fourth-order valence-electron chi connectivity index (χ4n) is 2.46. The molecule has 0 saturated carbocycles. The Morgan fingerprint density at radius 3 is 2.82 bits per heavy atom. The molecule has 122 valence electrons. The van der Waals surface area contributed by atoms with Crippen molar-refractivity contribution < 1.29 is 9.53 Å². The number of anilines is 1. The Labute approximate surface area is 136 Å². The highest BCUT2D eigenvalue weighted by Gasteiger charge is 2.25. The van der Waals surface area contributed by atoms with Gasteiger partial charge in [0.25, 0.3) is 0 Å². The zero-order valence-corrected chi connectivity index (χ0v) is 14.3. The van der Waals surface area contributed by atoms with E-state index in [-0.39, 0.29) is 17.4 Å². The molecule has 1 aromatic rings. The summed E-state index contributed by atoms with van der Waals surface area (Å²) < 4.78 is 5.30. The van der Waals surface area contributed by atoms with Crippen LogP contribution in [0.3, 0.4) is 0 Å². The van der Waals surface area contributed by atoms with Gasteiger partial charge in [-0.1, -0.05) is 0 Å². The Bertz CT molecular complexity index is 525. The number of alkyl carbamates (subject to hydrolysis) is 1. The van der Waals surface area contributed by atoms with Crippen molar-refractivity contribution in [2.45, 2.75) is 52.2 Å². The van der Waals surface area contributed by atoms with Crippen molar-refractivity contribution in [3.63, 3.8) is 0 Å². The van der Waals surface area contributed by atoms with Gasteiger partial charge < -0.3 is 15.0 Å². The van der Waals surface area contributed by atoms with Crippen molar-refractivity contribution in [1.29, 1.82) is 0 Å². The average molecular weight is 327 g/mol. The first-order valence-electron chi connectivity index (χ1n) is 7.48. The Hall–Kier alpha value is -1.56. The third kappa shape index (κ3) is 5.02. The van der Waals surface area contributed by atoms with E-state index >= 15 is 0 Å². The molecule has 1 aliphatic heterocycles. The van der Waals surface area contributed by atoms with Gasteiger partial charge in [-0.05, 0) is 52.1 Å². The Kier molecular flexibility index (Phi) is 5.11. The molecule has 0 unspecified atom stereocenters. The summed E-state index contributed by atoms with van der Waals surface area (Å²) in [6.45, 7) is 9.02. The number of hydrogen-bond acceptors (Lipinski definition) is 5. The van der Waals surface area contributed by atoms with Crippen LogP contribution in [0, 0.1) is 6.92 Å². The summed E-state index contributed by atoms with van der Waals surface area (Å²) in [5.74, 6) is 0.799. The van der Waals surface area contributed by atoms with Crippen molar-refractivity contribution in [2.75, 3.05) is 18.0 Å². The monoisotopic (exact) mass is 326 g/mol. The smallest absolute Gasteiger partial charge is 0.407 e. The molecule has 0 aliphatic carbocycles. The molecule has 22 heavy (non-hydrogen) atoms. The highest BCUT2D eigenvalue weighted by atomic mass is 35.5. The standard InChI is InChI=1S/C15H23ClN4O2/c1-10-8-12(19-13(16)17-10)20-7-5-6-11(9-20)18-14(21)22-15(2,3)4/h8,11H,5-7,9H2,1-4H3,(H,18,21)/t11-/m0/s1. The van der Waals surface area contributed by atoms with Crippen LogP contribution >= 0.6 is 11.6 Å². The van der Waals surface area contributed by atoms with Crippen molar-refractivity contribution >= 4 is 23.5 Å². The van der Waals surface area contributed by atoms with Gasteiger partial charge >= 0.3 is 6.09 Å². The molecule has 2 rings (SSSR count). The average Bonchev–Trinajstić information content (AvgIpc) is 2.35. The van der Waals surface area contributed by atoms with Crippen LogP contribution in [0.25, 0.3) is 0 Å². The topological polar surface area (TPSA) is 67.4 Å². The normalized spacial score (nSPS) is 19.0. The Morgan fingerprint density at radius 1 is 1.45 bits per heavy atom. The molecule has 0 aromatic carbocycles. The van der Waals surface area contributed by atoms with Crippen molar-refractivity contribution in [3.8, 4) is 0 Å². The molecular formula is C15H23ClN4O2. The molecule has 1 aliphatic rings. The van der Waals surface area contributed by atoms with Gasteiger partial charge in [0.15, 0.2) is 0 Å². The van der Waals surface area contributed by atoms with Crippen LogP contribution < -0.4 is 10.2 Å². The largest absolute Gasteiger partial charge is 0.444 e. The van der Waals surface area contributed by atoms with Gasteiger partial charge in [0.1, 0.15) is 11.4 Å². The van der Waals surface area contributed by atoms with Gasteiger partial charge in [-0.25, -0.2) is 14.8 Å². The lowest BCUT2D eigenvalue weighted by atomic mass is 10.1. The van der Waals surface area contributed by atoms with Crippen LogP contribution in [0.15, 0.2) is 6.07 Å². The Balaban J connectivity index is 1.98. The molecule has 1 N–H and O–H groups in total. The van der Waals surface area contributed by atoms with Gasteiger partial charge in [0.05, 0.1) is 0 Å². The quantitative estimate of drug-likeness (QED) is 0.846. The molecule has 0 spiro atoms. The van der Waals surface area contributed by atoms with E-state index in [9.17, 15) is 4.79 Å². The highest BCUT2D eigenvalue weighted by Crippen LogP contribution is 2.20. The second kappa shape index (κ2) is 6.69. The van der Waals surface area contributed by atoms with Crippen molar-refractivity contribution in [3.05, 3.63) is 17.0 Å². The number of rotatable bonds is 2. The van der Waals surface area contributed by atoms with E-state index in [2.05, 4.69) is 20.2 Å². The summed E-state index contributed by atoms with van der Waals surface area (Å²) in [4.78, 5) is 22.3. The first-order chi connectivity index (χ1) is 10.2. The van der Waals surface area contributed by atoms with Crippen LogP contribution in [-0.4, -0.2) is 40.8 Å². The predicted octanol–water partition coefficient (Wildman–Crippen LogP) is 2.93. The number of aromatic nitrogens is 2. The third-order valence-electron chi connectivity index (χ3n) is 3.28. The van der Waals surface area contributed by atoms with Crippen molar-refractivity contribution in [1.82, 2.24) is 15.3 Å². The van der Waals surface area contributed by atoms with Crippen LogP contribution in [0.2, 0.25) is 5.28 Å². The van der Waals surface area contributed by atoms with Gasteiger partial charge in [-0.2, -0.15) is 0 Å². The van der Waals surface area contributed by atoms with Gasteiger partial charge in [0, 0.05) is 30.9 Å². The summed E-state index contributed by atoms with van der Waals surface area (Å²) >= 11 is 5.92. The van der Waals surface area contributed by atoms with E-state index in [1.54, 1.807) is 0 Å². The maximum absolute atomic E-state index is 11.9. The number of carbonyl (C=O) groups is 1. The number of carbonyl (C=O) groups excluding carboxylic acids is 1. The van der Waals surface area contributed by atoms with Crippen LogP contribution in [-0.2, 0) is 4.74 Å². The summed E-state index contributed by atoms with van der Waals surface area (Å²) in [5, 5.41) is 3.17. The lowest BCUT2D eigenvalue weighted by Gasteiger charge is -2.34. The number of ether oxygens (including phenoxy) is 1. The second-order valence-electron chi connectivity index (χ2n) is 6.57. The lowest BCUT2D eigenvalue weighted by Crippen LogP contribution is -2.49. The van der Waals surface area contributed by atoms with E-state index in [1.165, 1.54) is 0 Å². The SMILES string of the molecule is Cc1cc(N2CCC[C@H](NC(=O)OC(C)(C)C)C2)nc(Cl)n1. The molecule has 1 fully saturated rings. The molecular weight excluding hydrogens is 304 g/mol. The molecule has 2 heterocycles. The minimum atomic E-state index is -0.490. The minimum Gasteiger partial charge on any atom is -0.444 e. The summed E-state index contributed by atoms with van der Waals surface area (Å²) in [6.07, 6.45) is 1.52. The number of nitrogens with one attached hydrogen (secondary N) is 1. The fraction of sp³-hybridized carbons (Fsp3) is 0.667. The van der Waals surface area contributed by atoms with Gasteiger partial charge in [0.2, 0.25) is 5.28 Å². The molecule has 0 radical (unpaired) electrons. The fourth-order valence-corrected chi connectivity index (χ4v) is 2.68. The second-order valence-corrected chi connectivity index (χ2v) is 6.91. The third-order valence-corrected chi connectivity index (χ3v) is 3.45. The number of aryl methyl sites for hydroxylation is 1. The predicted molar refractivity (Wildman–Crippen MR) is 86.4 cm³/mol. The molecule has 6 nitrogen and oxygen atoms in total.